The van der Waals surface area contributed by atoms with E-state index in [1.54, 1.807) is 7.11 Å². The number of imidazole rings is 1. The van der Waals surface area contributed by atoms with E-state index >= 15 is 0 Å². The molecule has 0 atom stereocenters. The molecule has 1 saturated heterocycles. The van der Waals surface area contributed by atoms with Crippen molar-refractivity contribution in [1.29, 1.82) is 0 Å². The van der Waals surface area contributed by atoms with Crippen LogP contribution in [0.4, 0.5) is 5.95 Å². The van der Waals surface area contributed by atoms with Crippen LogP contribution in [0.2, 0.25) is 0 Å². The summed E-state index contributed by atoms with van der Waals surface area (Å²) in [4.78, 5) is 4.58. The minimum absolute atomic E-state index is 0.802. The zero-order valence-electron chi connectivity index (χ0n) is 12.0. The minimum Gasteiger partial charge on any atom is -0.385 e. The second-order valence-corrected chi connectivity index (χ2v) is 6.41. The zero-order valence-corrected chi connectivity index (χ0v) is 12.8. The normalized spacial score (nSPS) is 16.7. The third kappa shape index (κ3) is 4.73. The minimum atomic E-state index is 0.802. The lowest BCUT2D eigenvalue weighted by Crippen LogP contribution is -2.20. The highest BCUT2D eigenvalue weighted by molar-refractivity contribution is 7.99. The van der Waals surface area contributed by atoms with Crippen LogP contribution in [0, 0.1) is 12.8 Å². The number of aryl methyl sites for hydroxylation is 2. The van der Waals surface area contributed by atoms with Gasteiger partial charge in [-0.3, -0.25) is 0 Å². The summed E-state index contributed by atoms with van der Waals surface area (Å²) in [7, 11) is 1.75. The molecule has 1 aromatic heterocycles. The van der Waals surface area contributed by atoms with Gasteiger partial charge in [0.25, 0.3) is 0 Å². The summed E-state index contributed by atoms with van der Waals surface area (Å²) in [5.41, 5.74) is 1.08. The topological polar surface area (TPSA) is 39.1 Å². The largest absolute Gasteiger partial charge is 0.385 e. The highest BCUT2D eigenvalue weighted by atomic mass is 32.2. The van der Waals surface area contributed by atoms with Crippen LogP contribution >= 0.6 is 11.8 Å². The van der Waals surface area contributed by atoms with Gasteiger partial charge in [0, 0.05) is 33.0 Å². The standard InChI is InChI=1S/C14H25N3OS/c1-12-11-17(6-3-7-18-2)14(16-12)15-10-13-4-8-19-9-5-13/h11,13H,3-10H2,1-2H3,(H,15,16). The van der Waals surface area contributed by atoms with Crippen molar-refractivity contribution in [3.8, 4) is 0 Å². The van der Waals surface area contributed by atoms with Crippen molar-refractivity contribution >= 4 is 17.7 Å². The van der Waals surface area contributed by atoms with Crippen molar-refractivity contribution in [2.24, 2.45) is 5.92 Å². The Hall–Kier alpha value is -0.680. The number of anilines is 1. The molecule has 0 spiro atoms. The molecule has 0 radical (unpaired) electrons. The van der Waals surface area contributed by atoms with Gasteiger partial charge >= 0.3 is 0 Å². The van der Waals surface area contributed by atoms with E-state index in [-0.39, 0.29) is 0 Å². The smallest absolute Gasteiger partial charge is 0.203 e. The van der Waals surface area contributed by atoms with Crippen molar-refractivity contribution in [2.75, 3.05) is 37.1 Å². The monoisotopic (exact) mass is 283 g/mol. The Bertz CT molecular complexity index is 375. The van der Waals surface area contributed by atoms with Gasteiger partial charge in [-0.1, -0.05) is 0 Å². The summed E-state index contributed by atoms with van der Waals surface area (Å²) in [5.74, 6) is 4.46. The maximum atomic E-state index is 5.11. The molecule has 1 aliphatic heterocycles. The molecule has 1 aliphatic rings. The SMILES string of the molecule is COCCCn1cc(C)nc1NCC1CCSCC1. The highest BCUT2D eigenvalue weighted by Crippen LogP contribution is 2.23. The number of ether oxygens (including phenoxy) is 1. The summed E-state index contributed by atoms with van der Waals surface area (Å²) >= 11 is 2.08. The predicted molar refractivity (Wildman–Crippen MR) is 82.0 cm³/mol. The second kappa shape index (κ2) is 7.80. The Morgan fingerprint density at radius 1 is 1.47 bits per heavy atom. The number of nitrogens with zero attached hydrogens (tertiary/aromatic N) is 2. The number of thioether (sulfide) groups is 1. The van der Waals surface area contributed by atoms with E-state index in [1.807, 2.05) is 0 Å². The van der Waals surface area contributed by atoms with E-state index in [0.29, 0.717) is 0 Å². The molecule has 0 amide bonds. The third-order valence-corrected chi connectivity index (χ3v) is 4.58. The van der Waals surface area contributed by atoms with E-state index in [2.05, 4.69) is 39.8 Å². The molecular weight excluding hydrogens is 258 g/mol. The summed E-state index contributed by atoms with van der Waals surface area (Å²) < 4.78 is 7.32. The van der Waals surface area contributed by atoms with Crippen molar-refractivity contribution in [1.82, 2.24) is 9.55 Å². The third-order valence-electron chi connectivity index (χ3n) is 3.53. The van der Waals surface area contributed by atoms with Crippen LogP contribution in [0.15, 0.2) is 6.20 Å². The Morgan fingerprint density at radius 3 is 3.00 bits per heavy atom. The van der Waals surface area contributed by atoms with Gasteiger partial charge in [0.05, 0.1) is 5.69 Å². The second-order valence-electron chi connectivity index (χ2n) is 5.18. The summed E-state index contributed by atoms with van der Waals surface area (Å²) in [6, 6.07) is 0. The van der Waals surface area contributed by atoms with Gasteiger partial charge in [-0.2, -0.15) is 11.8 Å². The highest BCUT2D eigenvalue weighted by Gasteiger charge is 2.14. The summed E-state index contributed by atoms with van der Waals surface area (Å²) in [5, 5.41) is 3.53. The fourth-order valence-corrected chi connectivity index (χ4v) is 3.63. The molecule has 2 heterocycles. The van der Waals surface area contributed by atoms with Crippen molar-refractivity contribution in [2.45, 2.75) is 32.7 Å². The average Bonchev–Trinajstić information content (AvgIpc) is 2.78. The molecule has 0 aliphatic carbocycles. The van der Waals surface area contributed by atoms with Gasteiger partial charge < -0.3 is 14.6 Å². The van der Waals surface area contributed by atoms with Gasteiger partial charge in [0.1, 0.15) is 0 Å². The number of hydrogen-bond donors (Lipinski definition) is 1. The zero-order chi connectivity index (χ0) is 13.5. The molecule has 1 N–H and O–H groups in total. The molecule has 0 aromatic carbocycles. The Morgan fingerprint density at radius 2 is 2.26 bits per heavy atom. The number of nitrogens with one attached hydrogen (secondary N) is 1. The maximum Gasteiger partial charge on any atom is 0.203 e. The van der Waals surface area contributed by atoms with Crippen LogP contribution in [-0.4, -0.2) is 41.3 Å². The van der Waals surface area contributed by atoms with Crippen LogP contribution in [-0.2, 0) is 11.3 Å². The van der Waals surface area contributed by atoms with Crippen LogP contribution in [0.5, 0.6) is 0 Å². The Kier molecular flexibility index (Phi) is 6.04. The van der Waals surface area contributed by atoms with E-state index in [0.717, 1.165) is 43.7 Å². The van der Waals surface area contributed by atoms with Gasteiger partial charge in [0.2, 0.25) is 5.95 Å². The molecule has 1 fully saturated rings. The number of methoxy groups -OCH3 is 1. The fraction of sp³-hybridized carbons (Fsp3) is 0.786. The molecule has 108 valence electrons. The lowest BCUT2D eigenvalue weighted by atomic mass is 10.0. The van der Waals surface area contributed by atoms with Crippen LogP contribution < -0.4 is 5.32 Å². The van der Waals surface area contributed by atoms with Gasteiger partial charge in [-0.05, 0) is 43.6 Å². The lowest BCUT2D eigenvalue weighted by molar-refractivity contribution is 0.190. The number of hydrogen-bond acceptors (Lipinski definition) is 4. The van der Waals surface area contributed by atoms with Crippen LogP contribution in [0.1, 0.15) is 25.0 Å². The molecule has 4 nitrogen and oxygen atoms in total. The van der Waals surface area contributed by atoms with Crippen molar-refractivity contribution in [3.05, 3.63) is 11.9 Å². The molecular formula is C14H25N3OS. The first-order valence-corrected chi connectivity index (χ1v) is 8.29. The first kappa shape index (κ1) is 14.7. The summed E-state index contributed by atoms with van der Waals surface area (Å²) in [6.45, 7) is 4.88. The Labute approximate surface area is 120 Å². The lowest BCUT2D eigenvalue weighted by Gasteiger charge is -2.22. The molecule has 2 rings (SSSR count). The number of aromatic nitrogens is 2. The quantitative estimate of drug-likeness (QED) is 0.781. The summed E-state index contributed by atoms with van der Waals surface area (Å²) in [6.07, 6.45) is 5.82. The van der Waals surface area contributed by atoms with E-state index in [9.17, 15) is 0 Å². The van der Waals surface area contributed by atoms with Crippen molar-refractivity contribution in [3.63, 3.8) is 0 Å². The van der Waals surface area contributed by atoms with Gasteiger partial charge in [0.15, 0.2) is 0 Å². The van der Waals surface area contributed by atoms with Gasteiger partial charge in [-0.15, -0.1) is 0 Å². The van der Waals surface area contributed by atoms with E-state index in [1.165, 1.54) is 24.3 Å². The molecule has 1 aromatic rings. The first-order valence-electron chi connectivity index (χ1n) is 7.14. The van der Waals surface area contributed by atoms with Crippen LogP contribution in [0.3, 0.4) is 0 Å². The van der Waals surface area contributed by atoms with Crippen LogP contribution in [0.25, 0.3) is 0 Å². The predicted octanol–water partition coefficient (Wildman–Crippen LogP) is 2.78. The molecule has 0 unspecified atom stereocenters. The van der Waals surface area contributed by atoms with E-state index in [4.69, 9.17) is 4.74 Å². The Balaban J connectivity index is 1.83. The number of rotatable bonds is 7. The van der Waals surface area contributed by atoms with Crippen molar-refractivity contribution < 1.29 is 4.74 Å². The fourth-order valence-electron chi connectivity index (χ4n) is 2.42. The maximum absolute atomic E-state index is 5.11. The first-order chi connectivity index (χ1) is 9.29. The molecule has 0 saturated carbocycles. The molecule has 0 bridgehead atoms. The molecule has 19 heavy (non-hydrogen) atoms. The van der Waals surface area contributed by atoms with Gasteiger partial charge in [-0.25, -0.2) is 4.98 Å². The van der Waals surface area contributed by atoms with E-state index < -0.39 is 0 Å². The molecule has 5 heteroatoms. The average molecular weight is 283 g/mol.